The smallest absolute Gasteiger partial charge is 0.258 e. The van der Waals surface area contributed by atoms with Gasteiger partial charge >= 0.3 is 0 Å². The standard InChI is InChI=1S/C21H26N2O/c1-4-5-15-23-20(24)18-13-9-10-14-19(18)22-21(23,16(2)3)17-11-7-6-8-12-17/h6-14,16,22H,4-5,15H2,1-3H3. The van der Waals surface area contributed by atoms with E-state index in [0.717, 1.165) is 36.2 Å². The number of para-hydroxylation sites is 1. The van der Waals surface area contributed by atoms with Gasteiger partial charge in [-0.2, -0.15) is 0 Å². The van der Waals surface area contributed by atoms with E-state index in [1.807, 2.05) is 47.4 Å². The molecular formula is C21H26N2O. The third-order valence-electron chi connectivity index (χ3n) is 4.94. The quantitative estimate of drug-likeness (QED) is 0.852. The Morgan fingerprint density at radius 1 is 1.04 bits per heavy atom. The SMILES string of the molecule is CCCCN1C(=O)c2ccccc2NC1(c1ccccc1)C(C)C. The Morgan fingerprint density at radius 2 is 1.71 bits per heavy atom. The van der Waals surface area contributed by atoms with E-state index in [-0.39, 0.29) is 11.8 Å². The summed E-state index contributed by atoms with van der Waals surface area (Å²) in [5.41, 5.74) is 2.31. The number of fused-ring (bicyclic) bond motifs is 1. The number of nitrogens with zero attached hydrogens (tertiary/aromatic N) is 1. The number of hydrogen-bond donors (Lipinski definition) is 1. The number of anilines is 1. The summed E-state index contributed by atoms with van der Waals surface area (Å²) in [4.78, 5) is 15.3. The molecule has 1 atom stereocenters. The van der Waals surface area contributed by atoms with Crippen molar-refractivity contribution in [3.63, 3.8) is 0 Å². The monoisotopic (exact) mass is 322 g/mol. The average Bonchev–Trinajstić information content (AvgIpc) is 2.61. The maximum absolute atomic E-state index is 13.3. The van der Waals surface area contributed by atoms with Gasteiger partial charge < -0.3 is 10.2 Å². The molecule has 0 radical (unpaired) electrons. The minimum absolute atomic E-state index is 0.121. The van der Waals surface area contributed by atoms with Crippen LogP contribution >= 0.6 is 0 Å². The molecule has 0 aliphatic carbocycles. The fraction of sp³-hybridized carbons (Fsp3) is 0.381. The molecular weight excluding hydrogens is 296 g/mol. The van der Waals surface area contributed by atoms with Crippen LogP contribution in [0.2, 0.25) is 0 Å². The molecule has 2 aromatic rings. The van der Waals surface area contributed by atoms with E-state index < -0.39 is 5.66 Å². The van der Waals surface area contributed by atoms with Crippen LogP contribution in [0.5, 0.6) is 0 Å². The van der Waals surface area contributed by atoms with E-state index in [9.17, 15) is 4.79 Å². The van der Waals surface area contributed by atoms with Gasteiger partial charge in [0.2, 0.25) is 0 Å². The normalized spacial score (nSPS) is 20.0. The largest absolute Gasteiger partial charge is 0.358 e. The van der Waals surface area contributed by atoms with Crippen molar-refractivity contribution in [2.75, 3.05) is 11.9 Å². The first-order chi connectivity index (χ1) is 11.6. The average molecular weight is 322 g/mol. The van der Waals surface area contributed by atoms with Crippen LogP contribution in [0.25, 0.3) is 0 Å². The Kier molecular flexibility index (Phi) is 4.61. The highest BCUT2D eigenvalue weighted by atomic mass is 16.2. The van der Waals surface area contributed by atoms with Gasteiger partial charge in [0.05, 0.1) is 5.56 Å². The third kappa shape index (κ3) is 2.58. The van der Waals surface area contributed by atoms with Gasteiger partial charge in [0, 0.05) is 12.2 Å². The summed E-state index contributed by atoms with van der Waals surface area (Å²) in [6.45, 7) is 7.28. The zero-order chi connectivity index (χ0) is 17.2. The van der Waals surface area contributed by atoms with Crippen LogP contribution < -0.4 is 5.32 Å². The Balaban J connectivity index is 2.19. The van der Waals surface area contributed by atoms with Crippen LogP contribution in [-0.2, 0) is 5.66 Å². The highest BCUT2D eigenvalue weighted by Crippen LogP contribution is 2.42. The maximum atomic E-state index is 13.3. The molecule has 1 N–H and O–H groups in total. The van der Waals surface area contributed by atoms with Gasteiger partial charge in [-0.3, -0.25) is 4.79 Å². The first kappa shape index (κ1) is 16.6. The van der Waals surface area contributed by atoms with Crippen molar-refractivity contribution in [1.29, 1.82) is 0 Å². The fourth-order valence-electron chi connectivity index (χ4n) is 3.66. The number of unbranched alkanes of at least 4 members (excludes halogenated alkanes) is 1. The number of nitrogens with one attached hydrogen (secondary N) is 1. The molecule has 2 aromatic carbocycles. The summed E-state index contributed by atoms with van der Waals surface area (Å²) >= 11 is 0. The third-order valence-corrected chi connectivity index (χ3v) is 4.94. The molecule has 3 heteroatoms. The molecule has 1 amide bonds. The Bertz CT molecular complexity index is 711. The van der Waals surface area contributed by atoms with E-state index in [2.05, 4.69) is 38.2 Å². The van der Waals surface area contributed by atoms with E-state index in [4.69, 9.17) is 0 Å². The second-order valence-corrected chi connectivity index (χ2v) is 6.77. The second kappa shape index (κ2) is 6.68. The summed E-state index contributed by atoms with van der Waals surface area (Å²) in [6, 6.07) is 18.2. The van der Waals surface area contributed by atoms with E-state index >= 15 is 0 Å². The predicted octanol–water partition coefficient (Wildman–Crippen LogP) is 4.86. The van der Waals surface area contributed by atoms with Gasteiger partial charge in [0.1, 0.15) is 5.66 Å². The summed E-state index contributed by atoms with van der Waals surface area (Å²) < 4.78 is 0. The lowest BCUT2D eigenvalue weighted by Crippen LogP contribution is -2.60. The number of benzene rings is 2. The molecule has 3 nitrogen and oxygen atoms in total. The lowest BCUT2D eigenvalue weighted by molar-refractivity contribution is 0.0351. The number of carbonyl (C=O) groups excluding carboxylic acids is 1. The predicted molar refractivity (Wildman–Crippen MR) is 99.0 cm³/mol. The topological polar surface area (TPSA) is 32.3 Å². The van der Waals surface area contributed by atoms with Crippen LogP contribution in [0.1, 0.15) is 49.5 Å². The molecule has 0 bridgehead atoms. The summed E-state index contributed by atoms with van der Waals surface area (Å²) in [6.07, 6.45) is 2.06. The Labute approximate surface area is 144 Å². The molecule has 0 saturated carbocycles. The Hall–Kier alpha value is -2.29. The van der Waals surface area contributed by atoms with E-state index in [1.54, 1.807) is 0 Å². The van der Waals surface area contributed by atoms with Gasteiger partial charge in [0.15, 0.2) is 0 Å². The first-order valence-corrected chi connectivity index (χ1v) is 8.86. The van der Waals surface area contributed by atoms with Crippen molar-refractivity contribution in [2.24, 2.45) is 5.92 Å². The number of amides is 1. The summed E-state index contributed by atoms with van der Waals surface area (Å²) in [5.74, 6) is 0.351. The lowest BCUT2D eigenvalue weighted by atomic mass is 9.83. The van der Waals surface area contributed by atoms with Gasteiger partial charge in [-0.25, -0.2) is 0 Å². The van der Waals surface area contributed by atoms with Crippen LogP contribution in [0.3, 0.4) is 0 Å². The van der Waals surface area contributed by atoms with Crippen LogP contribution in [-0.4, -0.2) is 17.4 Å². The van der Waals surface area contributed by atoms with Crippen molar-refractivity contribution < 1.29 is 4.79 Å². The summed E-state index contributed by atoms with van der Waals surface area (Å²) in [5, 5.41) is 3.72. The highest BCUT2D eigenvalue weighted by Gasteiger charge is 2.47. The molecule has 0 aromatic heterocycles. The van der Waals surface area contributed by atoms with E-state index in [1.165, 1.54) is 0 Å². The minimum atomic E-state index is -0.512. The Morgan fingerprint density at radius 3 is 2.38 bits per heavy atom. The lowest BCUT2D eigenvalue weighted by Gasteiger charge is -2.51. The number of rotatable bonds is 5. The van der Waals surface area contributed by atoms with Crippen molar-refractivity contribution in [1.82, 2.24) is 4.90 Å². The van der Waals surface area contributed by atoms with E-state index in [0.29, 0.717) is 0 Å². The van der Waals surface area contributed by atoms with Gasteiger partial charge in [-0.05, 0) is 30.0 Å². The van der Waals surface area contributed by atoms with Crippen molar-refractivity contribution in [3.8, 4) is 0 Å². The van der Waals surface area contributed by atoms with Crippen LogP contribution in [0.4, 0.5) is 5.69 Å². The molecule has 1 unspecified atom stereocenters. The van der Waals surface area contributed by atoms with Crippen molar-refractivity contribution >= 4 is 11.6 Å². The molecule has 1 heterocycles. The fourth-order valence-corrected chi connectivity index (χ4v) is 3.66. The number of carbonyl (C=O) groups is 1. The van der Waals surface area contributed by atoms with Crippen molar-refractivity contribution in [3.05, 3.63) is 65.7 Å². The van der Waals surface area contributed by atoms with Crippen molar-refractivity contribution in [2.45, 2.75) is 39.3 Å². The second-order valence-electron chi connectivity index (χ2n) is 6.77. The number of hydrogen-bond acceptors (Lipinski definition) is 2. The molecule has 126 valence electrons. The van der Waals surface area contributed by atoms with Gasteiger partial charge in [-0.15, -0.1) is 0 Å². The zero-order valence-electron chi connectivity index (χ0n) is 14.8. The minimum Gasteiger partial charge on any atom is -0.358 e. The summed E-state index contributed by atoms with van der Waals surface area (Å²) in [7, 11) is 0. The highest BCUT2D eigenvalue weighted by molar-refractivity contribution is 6.02. The molecule has 1 aliphatic heterocycles. The van der Waals surface area contributed by atoms with Crippen LogP contribution in [0, 0.1) is 5.92 Å². The molecule has 24 heavy (non-hydrogen) atoms. The van der Waals surface area contributed by atoms with Gasteiger partial charge in [-0.1, -0.05) is 69.7 Å². The van der Waals surface area contributed by atoms with Crippen LogP contribution in [0.15, 0.2) is 54.6 Å². The molecule has 0 saturated heterocycles. The molecule has 0 spiro atoms. The molecule has 1 aliphatic rings. The molecule has 0 fully saturated rings. The maximum Gasteiger partial charge on any atom is 0.258 e. The first-order valence-electron chi connectivity index (χ1n) is 8.86. The molecule has 3 rings (SSSR count). The van der Waals surface area contributed by atoms with Gasteiger partial charge in [0.25, 0.3) is 5.91 Å². The zero-order valence-corrected chi connectivity index (χ0v) is 14.8.